The van der Waals surface area contributed by atoms with Crippen LogP contribution in [0.1, 0.15) is 12.6 Å². The summed E-state index contributed by atoms with van der Waals surface area (Å²) in [5.74, 6) is -0.240. The van der Waals surface area contributed by atoms with Crippen molar-refractivity contribution in [3.63, 3.8) is 0 Å². The molecule has 0 aliphatic heterocycles. The van der Waals surface area contributed by atoms with Gasteiger partial charge in [-0.15, -0.1) is 0 Å². The molecule has 0 bridgehead atoms. The van der Waals surface area contributed by atoms with Gasteiger partial charge in [-0.25, -0.2) is 0 Å². The van der Waals surface area contributed by atoms with Crippen LogP contribution in [-0.4, -0.2) is 30.6 Å². The number of nitrogens with zero attached hydrogens (tertiary/aromatic N) is 1. The Bertz CT molecular complexity index is 301. The van der Waals surface area contributed by atoms with E-state index < -0.39 is 0 Å². The van der Waals surface area contributed by atoms with Crippen LogP contribution in [0.25, 0.3) is 0 Å². The molecule has 1 aromatic heterocycles. The highest BCUT2D eigenvalue weighted by Gasteiger charge is 2.10. The van der Waals surface area contributed by atoms with Crippen LogP contribution in [0.5, 0.6) is 0 Å². The zero-order valence-electron chi connectivity index (χ0n) is 9.06. The van der Waals surface area contributed by atoms with Crippen molar-refractivity contribution >= 4 is 5.97 Å². The zero-order valence-corrected chi connectivity index (χ0v) is 9.06. The van der Waals surface area contributed by atoms with Gasteiger partial charge < -0.3 is 10.1 Å². The molecule has 1 aromatic rings. The predicted octanol–water partition coefficient (Wildman–Crippen LogP) is 0.775. The number of ether oxygens (including phenoxy) is 1. The van der Waals surface area contributed by atoms with Crippen LogP contribution in [-0.2, 0) is 16.0 Å². The second kappa shape index (κ2) is 6.14. The molecule has 0 aromatic carbocycles. The van der Waals surface area contributed by atoms with Crippen LogP contribution in [0.2, 0.25) is 0 Å². The monoisotopic (exact) mass is 208 g/mol. The van der Waals surface area contributed by atoms with Gasteiger partial charge in [-0.1, -0.05) is 6.07 Å². The Morgan fingerprint density at radius 1 is 1.60 bits per heavy atom. The van der Waals surface area contributed by atoms with Crippen LogP contribution in [0, 0.1) is 0 Å². The highest BCUT2D eigenvalue weighted by molar-refractivity contribution is 5.75. The molecule has 1 unspecified atom stereocenters. The van der Waals surface area contributed by atoms with Crippen molar-refractivity contribution in [3.8, 4) is 0 Å². The van der Waals surface area contributed by atoms with E-state index >= 15 is 0 Å². The van der Waals surface area contributed by atoms with E-state index in [0.29, 0.717) is 6.54 Å². The van der Waals surface area contributed by atoms with Gasteiger partial charge in [0.2, 0.25) is 0 Å². The number of carbonyl (C=O) groups is 1. The molecule has 1 rings (SSSR count). The van der Waals surface area contributed by atoms with E-state index in [2.05, 4.69) is 15.0 Å². The van der Waals surface area contributed by atoms with Gasteiger partial charge in [0.1, 0.15) is 6.04 Å². The van der Waals surface area contributed by atoms with Gasteiger partial charge in [0, 0.05) is 24.9 Å². The first-order valence-electron chi connectivity index (χ1n) is 4.95. The maximum absolute atomic E-state index is 11.1. The summed E-state index contributed by atoms with van der Waals surface area (Å²) >= 11 is 0. The molecule has 1 N–H and O–H groups in total. The number of pyridine rings is 1. The maximum Gasteiger partial charge on any atom is 0.322 e. The van der Waals surface area contributed by atoms with Crippen molar-refractivity contribution in [2.45, 2.75) is 19.4 Å². The van der Waals surface area contributed by atoms with Gasteiger partial charge in [0.05, 0.1) is 7.11 Å². The minimum atomic E-state index is -0.265. The minimum Gasteiger partial charge on any atom is -0.468 e. The average Bonchev–Trinajstić information content (AvgIpc) is 2.29. The molecule has 0 spiro atoms. The van der Waals surface area contributed by atoms with E-state index in [-0.39, 0.29) is 12.0 Å². The summed E-state index contributed by atoms with van der Waals surface area (Å²) in [7, 11) is 1.39. The fourth-order valence-electron chi connectivity index (χ4n) is 1.22. The van der Waals surface area contributed by atoms with Crippen LogP contribution >= 0.6 is 0 Å². The summed E-state index contributed by atoms with van der Waals surface area (Å²) in [5, 5.41) is 3.07. The molecule has 1 heterocycles. The molecule has 0 aliphatic rings. The lowest BCUT2D eigenvalue weighted by Crippen LogP contribution is -2.36. The third-order valence-corrected chi connectivity index (χ3v) is 2.11. The third-order valence-electron chi connectivity index (χ3n) is 2.11. The molecule has 15 heavy (non-hydrogen) atoms. The van der Waals surface area contributed by atoms with Crippen molar-refractivity contribution in [3.05, 3.63) is 30.1 Å². The first-order chi connectivity index (χ1) is 7.24. The van der Waals surface area contributed by atoms with Crippen molar-refractivity contribution in [1.82, 2.24) is 10.3 Å². The van der Waals surface area contributed by atoms with Crippen LogP contribution in [0.15, 0.2) is 24.4 Å². The van der Waals surface area contributed by atoms with Gasteiger partial charge in [-0.3, -0.25) is 9.78 Å². The van der Waals surface area contributed by atoms with E-state index in [1.807, 2.05) is 18.2 Å². The average molecular weight is 208 g/mol. The maximum atomic E-state index is 11.1. The summed E-state index contributed by atoms with van der Waals surface area (Å²) in [6.07, 6.45) is 2.57. The lowest BCUT2D eigenvalue weighted by molar-refractivity contribution is -0.142. The van der Waals surface area contributed by atoms with Gasteiger partial charge >= 0.3 is 5.97 Å². The molecule has 0 saturated heterocycles. The van der Waals surface area contributed by atoms with Gasteiger partial charge in [0.15, 0.2) is 0 Å². The number of methoxy groups -OCH3 is 1. The normalized spacial score (nSPS) is 12.1. The number of hydrogen-bond acceptors (Lipinski definition) is 4. The highest BCUT2D eigenvalue weighted by atomic mass is 16.5. The zero-order chi connectivity index (χ0) is 11.1. The standard InChI is InChI=1S/C11H16N2O2/c1-9(11(14)15-2)12-8-6-10-5-3-4-7-13-10/h3-5,7,9,12H,6,8H2,1-2H3. The van der Waals surface area contributed by atoms with Crippen molar-refractivity contribution in [2.24, 2.45) is 0 Å². The summed E-state index contributed by atoms with van der Waals surface area (Å²) in [6, 6.07) is 5.53. The Labute approximate surface area is 89.7 Å². The number of aromatic nitrogens is 1. The van der Waals surface area contributed by atoms with Crippen LogP contribution < -0.4 is 5.32 Å². The number of carbonyl (C=O) groups excluding carboxylic acids is 1. The Hall–Kier alpha value is -1.42. The molecule has 0 amide bonds. The Morgan fingerprint density at radius 3 is 3.00 bits per heavy atom. The fraction of sp³-hybridized carbons (Fsp3) is 0.455. The third kappa shape index (κ3) is 4.08. The smallest absolute Gasteiger partial charge is 0.322 e. The first kappa shape index (κ1) is 11.7. The molecular weight excluding hydrogens is 192 g/mol. The summed E-state index contributed by atoms with van der Waals surface area (Å²) in [5.41, 5.74) is 1.02. The molecule has 0 radical (unpaired) electrons. The van der Waals surface area contributed by atoms with Gasteiger partial charge in [-0.05, 0) is 19.1 Å². The van der Waals surface area contributed by atoms with Gasteiger partial charge in [-0.2, -0.15) is 0 Å². The quantitative estimate of drug-likeness (QED) is 0.726. The summed E-state index contributed by atoms with van der Waals surface area (Å²) in [4.78, 5) is 15.2. The highest BCUT2D eigenvalue weighted by Crippen LogP contribution is 1.94. The molecule has 4 nitrogen and oxygen atoms in total. The molecule has 1 atom stereocenters. The van der Waals surface area contributed by atoms with Crippen molar-refractivity contribution < 1.29 is 9.53 Å². The molecule has 82 valence electrons. The lowest BCUT2D eigenvalue weighted by Gasteiger charge is -2.10. The van der Waals surface area contributed by atoms with E-state index in [0.717, 1.165) is 12.1 Å². The number of rotatable bonds is 5. The van der Waals surface area contributed by atoms with Crippen molar-refractivity contribution in [1.29, 1.82) is 0 Å². The second-order valence-electron chi connectivity index (χ2n) is 3.27. The van der Waals surface area contributed by atoms with E-state index in [4.69, 9.17) is 0 Å². The Kier molecular flexibility index (Phi) is 4.77. The topological polar surface area (TPSA) is 51.2 Å². The van der Waals surface area contributed by atoms with E-state index in [9.17, 15) is 4.79 Å². The number of hydrogen-bond donors (Lipinski definition) is 1. The minimum absolute atomic E-state index is 0.240. The first-order valence-corrected chi connectivity index (χ1v) is 4.95. The second-order valence-corrected chi connectivity index (χ2v) is 3.27. The number of esters is 1. The Morgan fingerprint density at radius 2 is 2.40 bits per heavy atom. The fourth-order valence-corrected chi connectivity index (χ4v) is 1.22. The van der Waals surface area contributed by atoms with Crippen LogP contribution in [0.3, 0.4) is 0 Å². The molecule has 0 fully saturated rings. The molecule has 0 aliphatic carbocycles. The lowest BCUT2D eigenvalue weighted by atomic mass is 10.2. The molecular formula is C11H16N2O2. The largest absolute Gasteiger partial charge is 0.468 e. The van der Waals surface area contributed by atoms with E-state index in [1.165, 1.54) is 7.11 Å². The molecule has 4 heteroatoms. The van der Waals surface area contributed by atoms with Crippen molar-refractivity contribution in [2.75, 3.05) is 13.7 Å². The SMILES string of the molecule is COC(=O)C(C)NCCc1ccccn1. The summed E-state index contributed by atoms with van der Waals surface area (Å²) < 4.78 is 4.60. The predicted molar refractivity (Wildman–Crippen MR) is 57.4 cm³/mol. The summed E-state index contributed by atoms with van der Waals surface area (Å²) in [6.45, 7) is 2.50. The molecule has 0 saturated carbocycles. The van der Waals surface area contributed by atoms with Crippen LogP contribution in [0.4, 0.5) is 0 Å². The Balaban J connectivity index is 2.25. The number of nitrogens with one attached hydrogen (secondary N) is 1. The van der Waals surface area contributed by atoms with E-state index in [1.54, 1.807) is 13.1 Å². The van der Waals surface area contributed by atoms with Gasteiger partial charge in [0.25, 0.3) is 0 Å².